The lowest BCUT2D eigenvalue weighted by molar-refractivity contribution is -0.311. The number of alkyl halides is 7. The van der Waals surface area contributed by atoms with E-state index in [1.54, 1.807) is 41.0 Å². The minimum atomic E-state index is -4.46. The zero-order valence-electron chi connectivity index (χ0n) is 29.8. The fourth-order valence-electron chi connectivity index (χ4n) is 0.520. The summed E-state index contributed by atoms with van der Waals surface area (Å²) < 4.78 is 104. The van der Waals surface area contributed by atoms with Crippen molar-refractivity contribution in [3.8, 4) is 0 Å². The summed E-state index contributed by atoms with van der Waals surface area (Å²) in [5.41, 5.74) is 0. The highest BCUT2D eigenvalue weighted by Crippen LogP contribution is 2.28. The molecule has 0 aliphatic heterocycles. The Kier molecular flexibility index (Phi) is 65.2. The second-order valence-corrected chi connectivity index (χ2v) is 12.7. The van der Waals surface area contributed by atoms with Crippen LogP contribution in [0.3, 0.4) is 0 Å². The fourth-order valence-corrected chi connectivity index (χ4v) is 0.520. The molecule has 0 aromatic carbocycles. The third kappa shape index (κ3) is 312. The molecule has 0 unspecified atom stereocenters. The van der Waals surface area contributed by atoms with Crippen LogP contribution in [0.4, 0.5) is 30.7 Å². The molecule has 7 nitrogen and oxygen atoms in total. The van der Waals surface area contributed by atoms with Gasteiger partial charge in [0.15, 0.2) is 0 Å². The molecule has 0 atom stereocenters. The van der Waals surface area contributed by atoms with E-state index in [0.29, 0.717) is 19.3 Å². The van der Waals surface area contributed by atoms with Gasteiger partial charge < -0.3 is 24.3 Å². The van der Waals surface area contributed by atoms with Gasteiger partial charge in [-0.15, -0.1) is 13.2 Å². The van der Waals surface area contributed by atoms with Gasteiger partial charge in [-0.05, 0) is 67.9 Å². The van der Waals surface area contributed by atoms with E-state index in [2.05, 4.69) is 60.0 Å². The van der Waals surface area contributed by atoms with E-state index < -0.39 is 28.9 Å². The van der Waals surface area contributed by atoms with E-state index in [0.717, 1.165) is 32.5 Å². The van der Waals surface area contributed by atoms with Crippen molar-refractivity contribution in [2.24, 2.45) is 11.8 Å². The van der Waals surface area contributed by atoms with E-state index in [1.165, 1.54) is 12.8 Å². The summed E-state index contributed by atoms with van der Waals surface area (Å²) in [4.78, 5) is 0. The standard InChI is InChI=1S/C5H10O.C4H11N.C4H10O.C4H10.C3H8OS.C2H3F3O.C2H4F2O.C2H4F2.C2H6O/c1-6-4-5-2-3-5;2*1-4(2)5-3;1-4(2)3;1-5(2,3)4;1-6-2(3,4)5;1-5-2(3)4;1-2(3)4;1-3-2/h5H,2-4H2,1H3;4-5H,1-3H3;4H,1-3H3;4H,1-3H3;1H2,2-3H3;1H3;2H,1H3;2H,1H3;1-2H3. The van der Waals surface area contributed by atoms with Crippen molar-refractivity contribution in [3.63, 3.8) is 0 Å². The first-order chi connectivity index (χ1) is 19.2. The van der Waals surface area contributed by atoms with Crippen LogP contribution in [0.2, 0.25) is 0 Å². The van der Waals surface area contributed by atoms with E-state index in [1.807, 2.05) is 20.9 Å². The van der Waals surface area contributed by atoms with Crippen LogP contribution in [0.1, 0.15) is 68.2 Å². The molecule has 1 rings (SSSR count). The van der Waals surface area contributed by atoms with E-state index in [-0.39, 0.29) is 0 Å². The molecule has 0 amide bonds. The Labute approximate surface area is 259 Å². The first kappa shape index (κ1) is 61.3. The number of rotatable bonds is 5. The predicted molar refractivity (Wildman–Crippen MR) is 169 cm³/mol. The van der Waals surface area contributed by atoms with Gasteiger partial charge in [-0.3, -0.25) is 8.95 Å². The molecule has 0 spiro atoms. The average molecular weight is 678 g/mol. The van der Waals surface area contributed by atoms with E-state index in [4.69, 9.17) is 9.47 Å². The topological polar surface area (TPSA) is 75.3 Å². The number of ether oxygens (including phenoxy) is 5. The molecule has 1 aliphatic rings. The number of nitrogens with one attached hydrogen (secondary N) is 1. The van der Waals surface area contributed by atoms with Gasteiger partial charge in [-0.1, -0.05) is 34.6 Å². The van der Waals surface area contributed by atoms with Gasteiger partial charge in [0, 0.05) is 67.8 Å². The normalized spacial score (nSPS) is 11.5. The maximum atomic E-state index is 10.6. The third-order valence-electron chi connectivity index (χ3n) is 2.56. The van der Waals surface area contributed by atoms with Crippen molar-refractivity contribution in [3.05, 3.63) is 0 Å². The highest BCUT2D eigenvalue weighted by Gasteiger charge is 2.25. The molecule has 0 aromatic rings. The minimum Gasteiger partial charge on any atom is -0.388 e. The molecule has 1 aliphatic carbocycles. The lowest BCUT2D eigenvalue weighted by Gasteiger charge is -1.97. The first-order valence-electron chi connectivity index (χ1n) is 13.3. The molecule has 0 bridgehead atoms. The lowest BCUT2D eigenvalue weighted by atomic mass is 10.3. The van der Waals surface area contributed by atoms with Gasteiger partial charge in [-0.2, -0.15) is 8.78 Å². The van der Waals surface area contributed by atoms with Crippen LogP contribution in [0.5, 0.6) is 0 Å². The summed E-state index contributed by atoms with van der Waals surface area (Å²) in [5, 5.41) is 3.03. The number of halogens is 7. The maximum Gasteiger partial charge on any atom is 0.522 e. The highest BCUT2D eigenvalue weighted by molar-refractivity contribution is 7.98. The van der Waals surface area contributed by atoms with Gasteiger partial charge in [-0.25, -0.2) is 8.78 Å². The summed E-state index contributed by atoms with van der Waals surface area (Å²) in [5.74, 6) is 5.06. The molecule has 43 heavy (non-hydrogen) atoms. The molecule has 0 aromatic heterocycles. The van der Waals surface area contributed by atoms with Crippen LogP contribution in [-0.2, 0) is 33.2 Å². The quantitative estimate of drug-likeness (QED) is 0.235. The summed E-state index contributed by atoms with van der Waals surface area (Å²) in [6, 6.07) is 0.634. The maximum absolute atomic E-state index is 10.6. The zero-order valence-corrected chi connectivity index (χ0v) is 30.6. The van der Waals surface area contributed by atoms with Crippen LogP contribution in [0.15, 0.2) is 0 Å². The Morgan fingerprint density at radius 3 is 1.02 bits per heavy atom. The van der Waals surface area contributed by atoms with Crippen LogP contribution < -0.4 is 5.32 Å². The van der Waals surface area contributed by atoms with Crippen molar-refractivity contribution in [2.75, 3.05) is 68.8 Å². The van der Waals surface area contributed by atoms with Crippen LogP contribution in [0, 0.1) is 11.8 Å². The van der Waals surface area contributed by atoms with Crippen LogP contribution >= 0.6 is 0 Å². The molecular formula is C28H66F7NO6S. The molecule has 274 valence electrons. The molecule has 1 N–H and O–H groups in total. The number of hydrogen-bond donors (Lipinski definition) is 1. The van der Waals surface area contributed by atoms with Crippen molar-refractivity contribution in [1.29, 1.82) is 0 Å². The minimum absolute atomic E-state index is 0.384. The van der Waals surface area contributed by atoms with Crippen molar-refractivity contribution in [1.82, 2.24) is 5.32 Å². The van der Waals surface area contributed by atoms with Gasteiger partial charge in [0.05, 0.1) is 6.10 Å². The fraction of sp³-hybridized carbons (Fsp3) is 0.964. The van der Waals surface area contributed by atoms with Crippen LogP contribution in [-0.4, -0.2) is 110 Å². The SMILES string of the molecule is C=S(C)(C)=O.CC(C)C.CC(F)F.CNC(C)C.COC.COC(C)C.COC(F)(F)F.COC(F)F.COCC1CC1. The molecular weight excluding hydrogens is 611 g/mol. The largest absolute Gasteiger partial charge is 0.522 e. The van der Waals surface area contributed by atoms with Gasteiger partial charge in [0.25, 0.3) is 0 Å². The predicted octanol–water partition coefficient (Wildman–Crippen LogP) is 7.86. The number of methoxy groups -OCH3 is 5. The monoisotopic (exact) mass is 677 g/mol. The van der Waals surface area contributed by atoms with Crippen molar-refractivity contribution < 1.29 is 58.6 Å². The first-order valence-corrected chi connectivity index (χ1v) is 15.8. The Bertz CT molecular complexity index is 512. The Balaban J connectivity index is -0.0000000538. The Hall–Kier alpha value is -0.710. The Morgan fingerprint density at radius 1 is 0.814 bits per heavy atom. The number of hydrogen-bond acceptors (Lipinski definition) is 7. The Morgan fingerprint density at radius 2 is 1.00 bits per heavy atom. The third-order valence-corrected chi connectivity index (χ3v) is 2.56. The molecule has 0 radical (unpaired) electrons. The highest BCUT2D eigenvalue weighted by atomic mass is 32.2. The van der Waals surface area contributed by atoms with Gasteiger partial charge in [0.2, 0.25) is 6.43 Å². The van der Waals surface area contributed by atoms with Gasteiger partial charge in [0.1, 0.15) is 0 Å². The van der Waals surface area contributed by atoms with E-state index >= 15 is 0 Å². The summed E-state index contributed by atoms with van der Waals surface area (Å²) >= 11 is 0. The van der Waals surface area contributed by atoms with Gasteiger partial charge >= 0.3 is 13.0 Å². The second kappa shape index (κ2) is 45.7. The molecule has 0 saturated heterocycles. The molecule has 1 fully saturated rings. The molecule has 0 heterocycles. The summed E-state index contributed by atoms with van der Waals surface area (Å²) in [7, 11) is 8.53. The van der Waals surface area contributed by atoms with Crippen molar-refractivity contribution >= 4 is 15.4 Å². The smallest absolute Gasteiger partial charge is 0.388 e. The molecule has 1 saturated carbocycles. The lowest BCUT2D eigenvalue weighted by Crippen LogP contribution is -2.15. The summed E-state index contributed by atoms with van der Waals surface area (Å²) in [6.07, 6.45) is -0.239. The molecule has 15 heteroatoms. The second-order valence-electron chi connectivity index (χ2n) is 9.87. The zero-order chi connectivity index (χ0) is 36.8. The van der Waals surface area contributed by atoms with Crippen LogP contribution in [0.25, 0.3) is 0 Å². The van der Waals surface area contributed by atoms with Crippen molar-refractivity contribution in [2.45, 2.75) is 99.8 Å². The van der Waals surface area contributed by atoms with E-state index in [9.17, 15) is 34.9 Å². The average Bonchev–Trinajstić information content (AvgIpc) is 3.63. The summed E-state index contributed by atoms with van der Waals surface area (Å²) in [6.45, 7) is 13.9.